The van der Waals surface area contributed by atoms with Crippen LogP contribution < -0.4 is 4.74 Å². The number of hydrogen-bond donors (Lipinski definition) is 0. The van der Waals surface area contributed by atoms with Crippen molar-refractivity contribution in [1.29, 1.82) is 5.26 Å². The Morgan fingerprint density at radius 3 is 2.62 bits per heavy atom. The maximum absolute atomic E-state index is 13.2. The van der Waals surface area contributed by atoms with E-state index in [4.69, 9.17) is 33.2 Å². The van der Waals surface area contributed by atoms with Crippen molar-refractivity contribution in [2.45, 2.75) is 22.6 Å². The van der Waals surface area contributed by atoms with Crippen molar-refractivity contribution in [3.8, 4) is 11.9 Å². The van der Waals surface area contributed by atoms with Gasteiger partial charge in [0.1, 0.15) is 6.61 Å². The summed E-state index contributed by atoms with van der Waals surface area (Å²) in [6, 6.07) is 12.0. The van der Waals surface area contributed by atoms with E-state index in [1.165, 1.54) is 12.3 Å². The number of rotatable bonds is 5. The van der Waals surface area contributed by atoms with E-state index in [-0.39, 0.29) is 22.7 Å². The molecule has 0 saturated carbocycles. The molecule has 148 valence electrons. The van der Waals surface area contributed by atoms with E-state index in [1.807, 2.05) is 0 Å². The van der Waals surface area contributed by atoms with Gasteiger partial charge in [0.15, 0.2) is 0 Å². The van der Waals surface area contributed by atoms with Crippen LogP contribution in [0.15, 0.2) is 58.5 Å². The predicted octanol–water partition coefficient (Wildman–Crippen LogP) is 6.40. The molecule has 0 radical (unpaired) electrons. The first kappa shape index (κ1) is 21.2. The fourth-order valence-corrected chi connectivity index (χ4v) is 3.54. The first-order valence-corrected chi connectivity index (χ1v) is 9.52. The average Bonchev–Trinajstić information content (AvgIpc) is 2.67. The van der Waals surface area contributed by atoms with E-state index in [9.17, 15) is 13.2 Å². The topological polar surface area (TPSA) is 58.8 Å². The van der Waals surface area contributed by atoms with E-state index in [1.54, 1.807) is 30.3 Å². The molecule has 0 fully saturated rings. The Hall–Kier alpha value is -2.47. The quantitative estimate of drug-likeness (QED) is 0.416. The molecule has 0 spiro atoms. The lowest BCUT2D eigenvalue weighted by Gasteiger charge is -2.12. The van der Waals surface area contributed by atoms with Gasteiger partial charge in [0.25, 0.3) is 0 Å². The molecule has 0 aliphatic carbocycles. The van der Waals surface area contributed by atoms with Gasteiger partial charge in [0, 0.05) is 16.1 Å². The third-order valence-corrected chi connectivity index (χ3v) is 5.01. The minimum atomic E-state index is -4.65. The molecule has 0 unspecified atom stereocenters. The van der Waals surface area contributed by atoms with Crippen molar-refractivity contribution < 1.29 is 17.9 Å². The fraction of sp³-hybridized carbons (Fsp3) is 0.105. The Labute approximate surface area is 178 Å². The second kappa shape index (κ2) is 8.91. The molecular weight excluding hydrogens is 446 g/mol. The van der Waals surface area contributed by atoms with Gasteiger partial charge < -0.3 is 4.74 Å². The molecule has 10 heteroatoms. The molecule has 2 aromatic carbocycles. The maximum atomic E-state index is 13.2. The SMILES string of the molecule is N#Cc1ccc(Sc2cnc(Cl)nc2OCc2cccc(Cl)c2)cc1C(F)(F)F. The number of hydrogen-bond acceptors (Lipinski definition) is 5. The predicted molar refractivity (Wildman–Crippen MR) is 103 cm³/mol. The summed E-state index contributed by atoms with van der Waals surface area (Å²) in [5.41, 5.74) is -0.686. The molecule has 0 atom stereocenters. The molecule has 1 aromatic heterocycles. The van der Waals surface area contributed by atoms with Crippen molar-refractivity contribution in [3.05, 3.63) is 75.7 Å². The van der Waals surface area contributed by atoms with Crippen LogP contribution >= 0.6 is 35.0 Å². The molecular formula is C19H10Cl2F3N3OS. The van der Waals surface area contributed by atoms with Gasteiger partial charge in [0.2, 0.25) is 11.2 Å². The second-order valence-corrected chi connectivity index (χ2v) is 7.54. The zero-order chi connectivity index (χ0) is 21.0. The van der Waals surface area contributed by atoms with Crippen LogP contribution in [0.3, 0.4) is 0 Å². The van der Waals surface area contributed by atoms with Gasteiger partial charge in [-0.2, -0.15) is 23.4 Å². The van der Waals surface area contributed by atoms with Crippen LogP contribution in [0.5, 0.6) is 5.88 Å². The number of ether oxygens (including phenoxy) is 1. The number of nitriles is 1. The molecule has 0 amide bonds. The van der Waals surface area contributed by atoms with Crippen molar-refractivity contribution in [3.63, 3.8) is 0 Å². The Kier molecular flexibility index (Phi) is 6.52. The van der Waals surface area contributed by atoms with Gasteiger partial charge >= 0.3 is 6.18 Å². The van der Waals surface area contributed by atoms with Crippen molar-refractivity contribution >= 4 is 35.0 Å². The van der Waals surface area contributed by atoms with Gasteiger partial charge in [-0.1, -0.05) is 35.5 Å². The maximum Gasteiger partial charge on any atom is 0.417 e. The van der Waals surface area contributed by atoms with Crippen molar-refractivity contribution in [2.24, 2.45) is 0 Å². The van der Waals surface area contributed by atoms with Crippen molar-refractivity contribution in [2.75, 3.05) is 0 Å². The summed E-state index contributed by atoms with van der Waals surface area (Å²) in [5, 5.41) is 9.39. The Morgan fingerprint density at radius 2 is 1.93 bits per heavy atom. The number of nitrogens with zero attached hydrogens (tertiary/aromatic N) is 3. The van der Waals surface area contributed by atoms with Crippen LogP contribution in [-0.2, 0) is 12.8 Å². The van der Waals surface area contributed by atoms with E-state index >= 15 is 0 Å². The lowest BCUT2D eigenvalue weighted by molar-refractivity contribution is -0.137. The van der Waals surface area contributed by atoms with E-state index in [2.05, 4.69) is 9.97 Å². The largest absolute Gasteiger partial charge is 0.472 e. The summed E-state index contributed by atoms with van der Waals surface area (Å²) >= 11 is 12.7. The molecule has 0 aliphatic heterocycles. The summed E-state index contributed by atoms with van der Waals surface area (Å²) in [7, 11) is 0. The second-order valence-electron chi connectivity index (χ2n) is 5.65. The third-order valence-electron chi connectivity index (χ3n) is 3.60. The summed E-state index contributed by atoms with van der Waals surface area (Å²) < 4.78 is 45.3. The normalized spacial score (nSPS) is 11.2. The number of benzene rings is 2. The lowest BCUT2D eigenvalue weighted by atomic mass is 10.1. The molecule has 0 N–H and O–H groups in total. The zero-order valence-corrected chi connectivity index (χ0v) is 16.7. The first-order chi connectivity index (χ1) is 13.8. The summed E-state index contributed by atoms with van der Waals surface area (Å²) in [6.07, 6.45) is -3.29. The van der Waals surface area contributed by atoms with Gasteiger partial charge in [-0.05, 0) is 47.5 Å². The van der Waals surface area contributed by atoms with E-state index < -0.39 is 17.3 Å². The standard InChI is InChI=1S/C19H10Cl2F3N3OS/c20-13-3-1-2-11(6-13)10-28-17-16(9-26-18(21)27-17)29-14-5-4-12(8-25)15(7-14)19(22,23)24/h1-7,9H,10H2. The van der Waals surface area contributed by atoms with Crippen LogP contribution in [-0.4, -0.2) is 9.97 Å². The Morgan fingerprint density at radius 1 is 1.14 bits per heavy atom. The Balaban J connectivity index is 1.87. The average molecular weight is 456 g/mol. The van der Waals surface area contributed by atoms with Crippen LogP contribution in [0.2, 0.25) is 10.3 Å². The van der Waals surface area contributed by atoms with Gasteiger partial charge in [-0.25, -0.2) is 4.98 Å². The van der Waals surface area contributed by atoms with Gasteiger partial charge in [-0.3, -0.25) is 0 Å². The highest BCUT2D eigenvalue weighted by molar-refractivity contribution is 7.99. The minimum Gasteiger partial charge on any atom is -0.472 e. The Bertz CT molecular complexity index is 1090. The van der Waals surface area contributed by atoms with E-state index in [0.29, 0.717) is 9.92 Å². The molecule has 0 saturated heterocycles. The summed E-state index contributed by atoms with van der Waals surface area (Å²) in [5.74, 6) is 0.118. The van der Waals surface area contributed by atoms with Gasteiger partial charge in [-0.15, -0.1) is 0 Å². The highest BCUT2D eigenvalue weighted by Crippen LogP contribution is 2.38. The first-order valence-electron chi connectivity index (χ1n) is 7.95. The lowest BCUT2D eigenvalue weighted by Crippen LogP contribution is -2.07. The van der Waals surface area contributed by atoms with Crippen LogP contribution in [0.1, 0.15) is 16.7 Å². The van der Waals surface area contributed by atoms with Crippen molar-refractivity contribution in [1.82, 2.24) is 9.97 Å². The zero-order valence-electron chi connectivity index (χ0n) is 14.4. The monoisotopic (exact) mass is 455 g/mol. The molecule has 3 aromatic rings. The smallest absolute Gasteiger partial charge is 0.417 e. The molecule has 4 nitrogen and oxygen atoms in total. The highest BCUT2D eigenvalue weighted by Gasteiger charge is 2.34. The third kappa shape index (κ3) is 5.54. The van der Waals surface area contributed by atoms with Crippen LogP contribution in [0.25, 0.3) is 0 Å². The summed E-state index contributed by atoms with van der Waals surface area (Å²) in [6.45, 7) is 0.128. The molecule has 29 heavy (non-hydrogen) atoms. The molecule has 1 heterocycles. The van der Waals surface area contributed by atoms with E-state index in [0.717, 1.165) is 29.5 Å². The number of halogens is 5. The molecule has 0 bridgehead atoms. The van der Waals surface area contributed by atoms with Gasteiger partial charge in [0.05, 0.1) is 22.1 Å². The summed E-state index contributed by atoms with van der Waals surface area (Å²) in [4.78, 5) is 8.50. The van der Waals surface area contributed by atoms with Crippen LogP contribution in [0, 0.1) is 11.3 Å². The molecule has 3 rings (SSSR count). The molecule has 0 aliphatic rings. The minimum absolute atomic E-state index is 0.0637. The fourth-order valence-electron chi connectivity index (χ4n) is 2.33. The number of aromatic nitrogens is 2. The number of alkyl halides is 3. The highest BCUT2D eigenvalue weighted by atomic mass is 35.5. The van der Waals surface area contributed by atoms with Crippen LogP contribution in [0.4, 0.5) is 13.2 Å².